The molecule has 15 nitrogen and oxygen atoms in total. The fourth-order valence-electron chi connectivity index (χ4n) is 7.36. The number of rotatable bonds is 26. The Morgan fingerprint density at radius 3 is 0.836 bits per heavy atom. The van der Waals surface area contributed by atoms with Gasteiger partial charge in [0.15, 0.2) is 19.0 Å². The van der Waals surface area contributed by atoms with Crippen molar-refractivity contribution >= 4 is 119 Å². The van der Waals surface area contributed by atoms with E-state index in [0.717, 1.165) is 63.6 Å². The van der Waals surface area contributed by atoms with Crippen LogP contribution in [0.2, 0.25) is 109 Å². The number of carbonyl (C=O) groups is 4. The predicted molar refractivity (Wildman–Crippen MR) is 502 cm³/mol. The van der Waals surface area contributed by atoms with E-state index in [9.17, 15) is 19.2 Å². The van der Waals surface area contributed by atoms with E-state index in [0.29, 0.717) is 54.9 Å². The molecule has 6 aromatic carbocycles. The fourth-order valence-corrected chi connectivity index (χ4v) is 12.7. The van der Waals surface area contributed by atoms with Gasteiger partial charge in [-0.2, -0.15) is 35.7 Å². The van der Waals surface area contributed by atoms with Crippen LogP contribution in [0, 0.1) is 6.92 Å². The third kappa shape index (κ3) is 46.4. The van der Waals surface area contributed by atoms with Crippen molar-refractivity contribution in [1.82, 2.24) is 0 Å². The Morgan fingerprint density at radius 1 is 0.397 bits per heavy atom. The number of phenols is 1. The minimum atomic E-state index is -1.84. The van der Waals surface area contributed by atoms with Crippen molar-refractivity contribution in [3.8, 4) is 34.5 Å². The quantitative estimate of drug-likeness (QED) is 0.0130. The number of benzene rings is 6. The van der Waals surface area contributed by atoms with Gasteiger partial charge in [-0.05, 0) is 232 Å². The second-order valence-corrected chi connectivity index (χ2v) is 68.2. The third-order valence-electron chi connectivity index (χ3n) is 21.0. The number of aliphatic hydroxyl groups excluding tert-OH is 1. The predicted octanol–water partition coefficient (Wildman–Crippen LogP) is 23.1. The van der Waals surface area contributed by atoms with Gasteiger partial charge in [0.05, 0.1) is 12.4 Å². The molecule has 25 heteroatoms. The van der Waals surface area contributed by atoms with Crippen molar-refractivity contribution in [2.45, 2.75) is 300 Å². The smallest absolute Gasteiger partial charge is 1.00 e. The molecule has 0 aliphatic carbocycles. The van der Waals surface area contributed by atoms with Gasteiger partial charge in [0.2, 0.25) is 54.2 Å². The largest absolute Gasteiger partial charge is 2.00 e. The number of hydrogen-bond acceptors (Lipinski definition) is 15. The van der Waals surface area contributed by atoms with E-state index < -0.39 is 61.6 Å². The Bertz CT molecular complexity index is 3570. The molecule has 0 spiro atoms. The van der Waals surface area contributed by atoms with Crippen LogP contribution in [0.15, 0.2) is 146 Å². The van der Waals surface area contributed by atoms with Crippen molar-refractivity contribution < 1.29 is 82.9 Å². The zero-order valence-corrected chi connectivity index (χ0v) is 87.5. The molecule has 0 aliphatic rings. The first-order chi connectivity index (χ1) is 51.9. The molecule has 0 bridgehead atoms. The number of ketones is 2. The number of aliphatic hydroxyl groups is 1. The molecule has 0 unspecified atom stereocenters. The maximum atomic E-state index is 12.3. The van der Waals surface area contributed by atoms with Crippen LogP contribution in [0.25, 0.3) is 0 Å². The fraction of sp³-hybridized carbons (Fsp3) is 0.549. The number of carbonyl (C=O) groups excluding carboxylic acids is 4. The average Bonchev–Trinajstić information content (AvgIpc) is 0.844. The van der Waals surface area contributed by atoms with E-state index in [1.54, 1.807) is 24.3 Å². The molecule has 0 saturated heterocycles. The number of halogens is 3. The Morgan fingerprint density at radius 2 is 0.621 bits per heavy atom. The molecule has 0 atom stereocenters. The van der Waals surface area contributed by atoms with Crippen molar-refractivity contribution in [1.29, 1.82) is 0 Å². The number of alkyl halides is 1. The molecular weight excluding hydrogens is 1630 g/mol. The summed E-state index contributed by atoms with van der Waals surface area (Å²) in [6.07, 6.45) is 0.443. The number of phenolic OH excluding ortho intramolecular Hbond substituents is 1. The minimum Gasteiger partial charge on any atom is -1.00 e. The summed E-state index contributed by atoms with van der Waals surface area (Å²) in [5.41, 5.74) is 5.27. The average molecular weight is 1780 g/mol. The maximum absolute atomic E-state index is 12.3. The molecular formula is C91H151Cl3MgO15Si6. The van der Waals surface area contributed by atoms with Crippen LogP contribution in [0.1, 0.15) is 202 Å². The second-order valence-electron chi connectivity index (χ2n) is 37.0. The summed E-state index contributed by atoms with van der Waals surface area (Å²) in [7, 11) is -10.1. The number of hydrogen-bond donors (Lipinski definition) is 2. The summed E-state index contributed by atoms with van der Waals surface area (Å²) in [5, 5.41) is 19.1. The van der Waals surface area contributed by atoms with Crippen LogP contribution in [-0.4, -0.2) is 145 Å². The normalized spacial score (nSPS) is 12.0. The molecule has 0 saturated carbocycles. The Kier molecular flexibility index (Phi) is 54.1. The molecule has 0 fully saturated rings. The molecule has 0 aliphatic heterocycles. The molecule has 0 amide bonds. The second kappa shape index (κ2) is 53.3. The molecule has 6 rings (SSSR count). The first-order valence-electron chi connectivity index (χ1n) is 39.7. The monoisotopic (exact) mass is 1780 g/mol. The van der Waals surface area contributed by atoms with E-state index in [-0.39, 0.29) is 84.6 Å². The van der Waals surface area contributed by atoms with Crippen molar-refractivity contribution in [3.05, 3.63) is 186 Å². The summed E-state index contributed by atoms with van der Waals surface area (Å²) in [5.74, 6) is 5.15. The summed E-state index contributed by atoms with van der Waals surface area (Å²) in [4.78, 5) is 43.5. The number of aromatic hydroxyl groups is 1. The van der Waals surface area contributed by atoms with Gasteiger partial charge >= 0.3 is 23.1 Å². The van der Waals surface area contributed by atoms with Gasteiger partial charge in [0.1, 0.15) is 41.3 Å². The molecule has 0 aromatic heterocycles. The van der Waals surface area contributed by atoms with Gasteiger partial charge in [0.25, 0.3) is 0 Å². The summed E-state index contributed by atoms with van der Waals surface area (Å²) in [6.45, 7) is 81.4. The molecule has 116 heavy (non-hydrogen) atoms. The minimum absolute atomic E-state index is 0. The van der Waals surface area contributed by atoms with Gasteiger partial charge in [0, 0.05) is 49.9 Å². The zero-order chi connectivity index (χ0) is 88.9. The maximum Gasteiger partial charge on any atom is 2.00 e. The van der Waals surface area contributed by atoms with Crippen LogP contribution >= 0.6 is 22.7 Å². The van der Waals surface area contributed by atoms with Gasteiger partial charge in [-0.3, -0.25) is 19.2 Å². The SMILES string of the molecule is CC(C)(C)[Si](C)(C)Cl.CC(C)(C)[Si](C)(C)Oc1ccc(C=O)cc1.CC(C)(C)[Si](C)(C)Oc1ccc(CCl)cc1.CC(C)(C)[Si](C)(C)Oc1ccc(CO)cc1.CCOC(OCC)C(=O)Cc1ccc(O[Si](C)(C)C(C)(C)C)cc1.CCOC(OCC)C(C)=O.O=Cc1ccc(O)cc1.[CH2-]c1ccc(O[Si](C)(C)C(C)(C)C)cc1.[Cl-].[Mg+2]. The third-order valence-corrected chi connectivity index (χ3v) is 48.4. The number of Topliss-reactive ketones (excluding diaryl/α,β-unsaturated/α-hetero) is 2. The van der Waals surface area contributed by atoms with Crippen molar-refractivity contribution in [2.75, 3.05) is 26.4 Å². The molecule has 6 aromatic rings. The van der Waals surface area contributed by atoms with Gasteiger partial charge < -0.3 is 63.7 Å². The van der Waals surface area contributed by atoms with E-state index in [1.807, 2.05) is 137 Å². The van der Waals surface area contributed by atoms with Crippen LogP contribution in [0.5, 0.6) is 34.5 Å². The first-order valence-corrected chi connectivity index (χ1v) is 58.8. The van der Waals surface area contributed by atoms with Crippen molar-refractivity contribution in [3.63, 3.8) is 0 Å². The summed E-state index contributed by atoms with van der Waals surface area (Å²) < 4.78 is 51.4. The van der Waals surface area contributed by atoms with Gasteiger partial charge in [-0.25, -0.2) is 0 Å². The molecule has 0 radical (unpaired) electrons. The summed E-state index contributed by atoms with van der Waals surface area (Å²) >= 11 is 11.9. The van der Waals surface area contributed by atoms with Crippen molar-refractivity contribution in [2.24, 2.45) is 0 Å². The number of aldehydes is 2. The van der Waals surface area contributed by atoms with Gasteiger partial charge in [-0.1, -0.05) is 186 Å². The van der Waals surface area contributed by atoms with E-state index in [1.165, 1.54) is 19.1 Å². The Balaban J connectivity index is -0.000000629. The summed E-state index contributed by atoms with van der Waals surface area (Å²) in [6, 6.07) is 44.9. The van der Waals surface area contributed by atoms with Crippen LogP contribution in [0.3, 0.4) is 0 Å². The van der Waals surface area contributed by atoms with Crippen LogP contribution in [0.4, 0.5) is 0 Å². The molecule has 0 heterocycles. The molecule has 652 valence electrons. The van der Waals surface area contributed by atoms with E-state index >= 15 is 0 Å². The number of ether oxygens (including phenoxy) is 4. The van der Waals surface area contributed by atoms with E-state index in [4.69, 9.17) is 74.0 Å². The van der Waals surface area contributed by atoms with Gasteiger partial charge in [-0.15, -0.1) is 11.6 Å². The van der Waals surface area contributed by atoms with Crippen LogP contribution in [-0.2, 0) is 47.4 Å². The van der Waals surface area contributed by atoms with E-state index in [2.05, 4.69) is 210 Å². The molecule has 2 N–H and O–H groups in total. The standard InChI is InChI=1S/C19H32O4Si.C13H21ClOSi.C13H22O2Si.C13H20O2Si.C13H21OSi.C7H14O3.C7H6O2.C6H15ClSi.ClH.Mg/c1-8-21-18(22-9-2)17(20)14-15-10-12-16(13-11-15)23-24(6,7)19(3,4)5;3*1-13(2,3)16(4,5)15-12-8-6-11(10-14)7-9-12;1-11-7-9-12(10-8-11)14-15(5,6)13(2,3)4;1-4-9-7(6(3)8)10-5-2;8-5-6-1-3-7(9)4-2-6;1-6(2,3)8(4,5)7;;/h10-13,18H,8-9,14H2,1-7H3;6-9H,10H2,1-5H3;6-9,14H,10H2,1-5H3;6-10H,1-5H3;7-10H,1H2,2-6H3;7H,4-5H2,1-3H3;1-5,9H;1-5H3;1H;/q;;;;-1;;;;;+2/p-1. The Hall–Kier alpha value is -4.59. The zero-order valence-electron chi connectivity index (χ0n) is 77.9. The topological polar surface area (TPSA) is 192 Å². The van der Waals surface area contributed by atoms with Crippen LogP contribution < -0.4 is 34.5 Å². The first kappa shape index (κ1) is 118. The Labute approximate surface area is 742 Å².